The first-order valence-corrected chi connectivity index (χ1v) is 8.30. The monoisotopic (exact) mass is 373 g/mol. The average Bonchev–Trinajstić information content (AvgIpc) is 3.14. The molecule has 1 aliphatic heterocycles. The van der Waals surface area contributed by atoms with Gasteiger partial charge in [-0.1, -0.05) is 6.07 Å². The van der Waals surface area contributed by atoms with E-state index in [9.17, 15) is 24.6 Å². The van der Waals surface area contributed by atoms with Crippen molar-refractivity contribution in [3.8, 4) is 16.9 Å². The molecule has 0 spiro atoms. The van der Waals surface area contributed by atoms with Gasteiger partial charge in [-0.15, -0.1) is 0 Å². The van der Waals surface area contributed by atoms with Crippen LogP contribution in [0, 0.1) is 0 Å². The quantitative estimate of drug-likeness (QED) is 0.618. The number of anilines is 2. The number of nitrogen functional groups attached to an aromatic ring is 1. The minimum atomic E-state index is -1.55. The first kappa shape index (κ1) is 18.3. The molecule has 142 valence electrons. The number of carboxylic acids is 2. The Hall–Kier alpha value is -3.49. The minimum Gasteiger partial charge on any atom is -0.495 e. The number of aromatic amines is 1. The highest BCUT2D eigenvalue weighted by atomic mass is 16.5. The first-order valence-electron chi connectivity index (χ1n) is 8.30. The lowest BCUT2D eigenvalue weighted by atomic mass is 9.95. The fraction of sp³-hybridized carbons (Fsp3) is 0.278. The second kappa shape index (κ2) is 7.02. The summed E-state index contributed by atoms with van der Waals surface area (Å²) in [5.74, 6) is -2.93. The van der Waals surface area contributed by atoms with Crippen molar-refractivity contribution in [1.29, 1.82) is 0 Å². The lowest BCUT2D eigenvalue weighted by Crippen LogP contribution is -2.24. The van der Waals surface area contributed by atoms with E-state index in [1.54, 1.807) is 12.1 Å². The lowest BCUT2D eigenvalue weighted by Gasteiger charge is -2.21. The third-order valence-corrected chi connectivity index (χ3v) is 4.59. The molecule has 9 nitrogen and oxygen atoms in total. The van der Waals surface area contributed by atoms with Crippen LogP contribution in [0.5, 0.6) is 5.75 Å². The maximum absolute atomic E-state index is 12.1. The molecule has 0 bridgehead atoms. The molecule has 27 heavy (non-hydrogen) atoms. The topological polar surface area (TPSA) is 146 Å². The Kier molecular flexibility index (Phi) is 4.76. The number of benzene rings is 1. The largest absolute Gasteiger partial charge is 0.495 e. The van der Waals surface area contributed by atoms with E-state index < -0.39 is 34.4 Å². The smallest absolute Gasteiger partial charge is 0.342 e. The van der Waals surface area contributed by atoms with Crippen LogP contribution in [0.1, 0.15) is 33.6 Å². The first-order chi connectivity index (χ1) is 12.8. The summed E-state index contributed by atoms with van der Waals surface area (Å²) in [7, 11) is 1.47. The van der Waals surface area contributed by atoms with E-state index in [-0.39, 0.29) is 11.1 Å². The number of nitrogens with zero attached hydrogens (tertiary/aromatic N) is 1. The number of H-pyrrole nitrogens is 1. The second-order valence-electron chi connectivity index (χ2n) is 6.18. The molecular weight excluding hydrogens is 354 g/mol. The lowest BCUT2D eigenvalue weighted by molar-refractivity contribution is 0.0695. The normalized spacial score (nSPS) is 13.6. The van der Waals surface area contributed by atoms with E-state index >= 15 is 0 Å². The zero-order chi connectivity index (χ0) is 19.7. The molecule has 3 rings (SSSR count). The van der Waals surface area contributed by atoms with Gasteiger partial charge < -0.3 is 30.6 Å². The number of hydrogen-bond acceptors (Lipinski definition) is 6. The summed E-state index contributed by atoms with van der Waals surface area (Å²) in [6.45, 7) is 1.74. The molecule has 1 fully saturated rings. The van der Waals surface area contributed by atoms with E-state index in [2.05, 4.69) is 9.88 Å². The highest BCUT2D eigenvalue weighted by Crippen LogP contribution is 2.37. The molecule has 0 unspecified atom stereocenters. The number of carbonyl (C=O) groups is 2. The van der Waals surface area contributed by atoms with Gasteiger partial charge in [0, 0.05) is 18.7 Å². The average molecular weight is 373 g/mol. The van der Waals surface area contributed by atoms with Crippen molar-refractivity contribution in [2.24, 2.45) is 0 Å². The standard InChI is InChI=1S/C18H19N3O6/c1-27-11-8-9(4-5-10(11)21-6-2-3-7-21)12-13(17(23)24)15(19)20-16(22)14(12)18(25)26/h4-5,8H,2-3,6-7H2,1H3,(H,23,24)(H,25,26)(H3,19,20,22). The van der Waals surface area contributed by atoms with Gasteiger partial charge in [0.15, 0.2) is 0 Å². The third-order valence-electron chi connectivity index (χ3n) is 4.59. The van der Waals surface area contributed by atoms with Gasteiger partial charge in [-0.25, -0.2) is 9.59 Å². The second-order valence-corrected chi connectivity index (χ2v) is 6.18. The molecule has 1 aromatic heterocycles. The molecule has 1 aromatic carbocycles. The molecule has 2 heterocycles. The fourth-order valence-corrected chi connectivity index (χ4v) is 3.39. The molecule has 0 amide bonds. The van der Waals surface area contributed by atoms with Crippen LogP contribution in [-0.4, -0.2) is 47.3 Å². The van der Waals surface area contributed by atoms with Gasteiger partial charge in [0.05, 0.1) is 12.8 Å². The van der Waals surface area contributed by atoms with Gasteiger partial charge in [0.25, 0.3) is 5.56 Å². The summed E-state index contributed by atoms with van der Waals surface area (Å²) < 4.78 is 5.43. The Morgan fingerprint density at radius 3 is 2.33 bits per heavy atom. The molecule has 0 radical (unpaired) electrons. The van der Waals surface area contributed by atoms with Gasteiger partial charge in [0.2, 0.25) is 0 Å². The number of aromatic carboxylic acids is 2. The molecule has 0 saturated carbocycles. The molecular formula is C18H19N3O6. The van der Waals surface area contributed by atoms with E-state index in [1.165, 1.54) is 13.2 Å². The van der Waals surface area contributed by atoms with Gasteiger partial charge in [-0.3, -0.25) is 4.79 Å². The van der Waals surface area contributed by atoms with E-state index in [0.717, 1.165) is 31.6 Å². The zero-order valence-electron chi connectivity index (χ0n) is 14.6. The molecule has 5 N–H and O–H groups in total. The fourth-order valence-electron chi connectivity index (χ4n) is 3.39. The minimum absolute atomic E-state index is 0.224. The highest BCUT2D eigenvalue weighted by Gasteiger charge is 2.27. The predicted octanol–water partition coefficient (Wildman–Crippen LogP) is 1.63. The molecule has 1 aliphatic rings. The van der Waals surface area contributed by atoms with Crippen molar-refractivity contribution < 1.29 is 24.5 Å². The summed E-state index contributed by atoms with van der Waals surface area (Å²) in [4.78, 5) is 39.7. The number of pyridine rings is 1. The Bertz CT molecular complexity index is 976. The van der Waals surface area contributed by atoms with Crippen molar-refractivity contribution in [2.45, 2.75) is 12.8 Å². The van der Waals surface area contributed by atoms with Crippen molar-refractivity contribution in [1.82, 2.24) is 4.98 Å². The Labute approximate surface area is 154 Å². The van der Waals surface area contributed by atoms with Crippen LogP contribution in [0.3, 0.4) is 0 Å². The third kappa shape index (κ3) is 3.19. The van der Waals surface area contributed by atoms with Crippen LogP contribution in [0.15, 0.2) is 23.0 Å². The van der Waals surface area contributed by atoms with E-state index in [4.69, 9.17) is 10.5 Å². The molecule has 0 atom stereocenters. The van der Waals surface area contributed by atoms with Gasteiger partial charge in [-0.2, -0.15) is 0 Å². The summed E-state index contributed by atoms with van der Waals surface area (Å²) in [5, 5.41) is 19.0. The maximum atomic E-state index is 12.1. The SMILES string of the molecule is COc1cc(-c2c(C(=O)O)c(N)[nH]c(=O)c2C(=O)O)ccc1N1CCCC1. The van der Waals surface area contributed by atoms with Crippen LogP contribution in [0.2, 0.25) is 0 Å². The summed E-state index contributed by atoms with van der Waals surface area (Å²) in [6.07, 6.45) is 2.11. The Morgan fingerprint density at radius 2 is 1.78 bits per heavy atom. The van der Waals surface area contributed by atoms with Crippen molar-refractivity contribution in [3.63, 3.8) is 0 Å². The number of ether oxygens (including phenoxy) is 1. The van der Waals surface area contributed by atoms with E-state index in [1.807, 2.05) is 0 Å². The van der Waals surface area contributed by atoms with Gasteiger partial charge in [0.1, 0.15) is 22.7 Å². The number of hydrogen-bond donors (Lipinski definition) is 4. The van der Waals surface area contributed by atoms with Crippen molar-refractivity contribution in [2.75, 3.05) is 30.8 Å². The molecule has 1 saturated heterocycles. The van der Waals surface area contributed by atoms with Crippen LogP contribution >= 0.6 is 0 Å². The van der Waals surface area contributed by atoms with Crippen molar-refractivity contribution >= 4 is 23.4 Å². The molecule has 2 aromatic rings. The number of nitrogens with one attached hydrogen (secondary N) is 1. The summed E-state index contributed by atoms with van der Waals surface area (Å²) in [6, 6.07) is 4.83. The highest BCUT2D eigenvalue weighted by molar-refractivity contribution is 6.07. The number of nitrogens with two attached hydrogens (primary N) is 1. The molecule has 9 heteroatoms. The molecule has 0 aliphatic carbocycles. The summed E-state index contributed by atoms with van der Waals surface area (Å²) in [5.41, 5.74) is 4.34. The number of aromatic nitrogens is 1. The van der Waals surface area contributed by atoms with Crippen LogP contribution in [-0.2, 0) is 0 Å². The number of rotatable bonds is 5. The Balaban J connectivity index is 2.28. The van der Waals surface area contributed by atoms with Crippen LogP contribution in [0.25, 0.3) is 11.1 Å². The van der Waals surface area contributed by atoms with Crippen LogP contribution < -0.4 is 20.9 Å². The summed E-state index contributed by atoms with van der Waals surface area (Å²) >= 11 is 0. The van der Waals surface area contributed by atoms with E-state index in [0.29, 0.717) is 5.75 Å². The predicted molar refractivity (Wildman–Crippen MR) is 98.8 cm³/mol. The van der Waals surface area contributed by atoms with Crippen LogP contribution in [0.4, 0.5) is 11.5 Å². The van der Waals surface area contributed by atoms with Gasteiger partial charge in [-0.05, 0) is 30.5 Å². The van der Waals surface area contributed by atoms with Gasteiger partial charge >= 0.3 is 11.9 Å². The Morgan fingerprint density at radius 1 is 1.15 bits per heavy atom. The van der Waals surface area contributed by atoms with Crippen molar-refractivity contribution in [3.05, 3.63) is 39.7 Å². The number of methoxy groups -OCH3 is 1. The zero-order valence-corrected chi connectivity index (χ0v) is 14.6. The number of carboxylic acid groups (broad SMARTS) is 2. The maximum Gasteiger partial charge on any atom is 0.342 e.